The minimum Gasteiger partial charge on any atom is -0.321 e. The van der Waals surface area contributed by atoms with Crippen molar-refractivity contribution in [3.63, 3.8) is 0 Å². The molecule has 3 amide bonds. The summed E-state index contributed by atoms with van der Waals surface area (Å²) in [4.78, 5) is 24.8. The number of hydrogen-bond donors (Lipinski definition) is 1. The molecule has 0 aromatic heterocycles. The van der Waals surface area contributed by atoms with E-state index in [1.54, 1.807) is 6.21 Å². The molecule has 5 heteroatoms. The molecule has 1 saturated carbocycles. The van der Waals surface area contributed by atoms with Gasteiger partial charge < -0.3 is 5.32 Å². The fourth-order valence-electron chi connectivity index (χ4n) is 3.45. The van der Waals surface area contributed by atoms with Crippen LogP contribution in [-0.2, 0) is 4.79 Å². The molecule has 0 bridgehead atoms. The molecule has 1 aromatic carbocycles. The number of aryl methyl sites for hydroxylation is 3. The monoisotopic (exact) mass is 313 g/mol. The smallest absolute Gasteiger partial charge is 0.321 e. The van der Waals surface area contributed by atoms with Crippen molar-refractivity contribution < 1.29 is 9.59 Å². The number of carbonyl (C=O) groups excluding carboxylic acids is 2. The Morgan fingerprint density at radius 3 is 2.39 bits per heavy atom. The van der Waals surface area contributed by atoms with Crippen LogP contribution >= 0.6 is 0 Å². The summed E-state index contributed by atoms with van der Waals surface area (Å²) in [5, 5.41) is 8.05. The van der Waals surface area contributed by atoms with E-state index >= 15 is 0 Å². The third-order valence-corrected chi connectivity index (χ3v) is 5.04. The number of imide groups is 1. The Bertz CT molecular complexity index is 688. The van der Waals surface area contributed by atoms with Gasteiger partial charge in [-0.2, -0.15) is 5.10 Å². The van der Waals surface area contributed by atoms with Crippen LogP contribution < -0.4 is 5.32 Å². The second kappa shape index (κ2) is 5.80. The zero-order valence-electron chi connectivity index (χ0n) is 14.0. The van der Waals surface area contributed by atoms with Gasteiger partial charge in [-0.3, -0.25) is 4.79 Å². The van der Waals surface area contributed by atoms with Gasteiger partial charge in [-0.15, -0.1) is 5.01 Å². The Morgan fingerprint density at radius 1 is 1.04 bits per heavy atom. The first-order valence-electron chi connectivity index (χ1n) is 8.21. The third kappa shape index (κ3) is 2.76. The molecule has 1 aliphatic carbocycles. The van der Waals surface area contributed by atoms with Crippen molar-refractivity contribution in [2.24, 2.45) is 5.10 Å². The van der Waals surface area contributed by atoms with Crippen LogP contribution in [0, 0.1) is 20.8 Å². The average Bonchev–Trinajstić information content (AvgIpc) is 2.73. The van der Waals surface area contributed by atoms with E-state index in [-0.39, 0.29) is 5.91 Å². The summed E-state index contributed by atoms with van der Waals surface area (Å²) in [7, 11) is 0. The van der Waals surface area contributed by atoms with Gasteiger partial charge in [0.1, 0.15) is 5.54 Å². The van der Waals surface area contributed by atoms with Gasteiger partial charge in [0, 0.05) is 0 Å². The summed E-state index contributed by atoms with van der Waals surface area (Å²) in [6.07, 6.45) is 6.11. The molecule has 0 radical (unpaired) electrons. The normalized spacial score (nSPS) is 20.6. The topological polar surface area (TPSA) is 61.8 Å². The maximum atomic E-state index is 12.6. The first kappa shape index (κ1) is 15.7. The first-order chi connectivity index (χ1) is 10.9. The van der Waals surface area contributed by atoms with Gasteiger partial charge in [-0.25, -0.2) is 4.79 Å². The molecule has 0 unspecified atom stereocenters. The number of nitrogens with zero attached hydrogens (tertiary/aromatic N) is 2. The number of hydrogen-bond acceptors (Lipinski definition) is 3. The lowest BCUT2D eigenvalue weighted by Gasteiger charge is -2.29. The lowest BCUT2D eigenvalue weighted by atomic mass is 9.82. The van der Waals surface area contributed by atoms with Crippen molar-refractivity contribution >= 4 is 18.2 Å². The van der Waals surface area contributed by atoms with Crippen LogP contribution in [0.1, 0.15) is 54.4 Å². The Balaban J connectivity index is 1.84. The van der Waals surface area contributed by atoms with Gasteiger partial charge in [0.05, 0.1) is 6.21 Å². The molecule has 1 spiro atoms. The van der Waals surface area contributed by atoms with Gasteiger partial charge in [0.15, 0.2) is 0 Å². The number of amides is 3. The summed E-state index contributed by atoms with van der Waals surface area (Å²) in [5.41, 5.74) is 3.67. The standard InChI is InChI=1S/C18H23N3O2/c1-12-9-14(3)15(10-13(12)2)11-19-21-16(22)18(20-17(21)23)7-5-4-6-8-18/h9-11H,4-8H2,1-3H3,(H,20,23)/b19-11-. The van der Waals surface area contributed by atoms with E-state index in [0.29, 0.717) is 12.8 Å². The van der Waals surface area contributed by atoms with Crippen LogP contribution in [0.15, 0.2) is 17.2 Å². The third-order valence-electron chi connectivity index (χ3n) is 5.04. The maximum Gasteiger partial charge on any atom is 0.346 e. The largest absolute Gasteiger partial charge is 0.346 e. The van der Waals surface area contributed by atoms with Crippen LogP contribution in [0.25, 0.3) is 0 Å². The highest BCUT2D eigenvalue weighted by Gasteiger charge is 2.51. The highest BCUT2D eigenvalue weighted by atomic mass is 16.2. The molecule has 2 aliphatic rings. The highest BCUT2D eigenvalue weighted by Crippen LogP contribution is 2.33. The predicted octanol–water partition coefficient (Wildman–Crippen LogP) is 3.20. The number of rotatable bonds is 2. The van der Waals surface area contributed by atoms with E-state index in [1.807, 2.05) is 19.9 Å². The number of hydrazone groups is 1. The van der Waals surface area contributed by atoms with Crippen molar-refractivity contribution in [1.29, 1.82) is 0 Å². The second-order valence-corrected chi connectivity index (χ2v) is 6.73. The van der Waals surface area contributed by atoms with E-state index < -0.39 is 11.6 Å². The van der Waals surface area contributed by atoms with Crippen molar-refractivity contribution in [2.75, 3.05) is 0 Å². The molecule has 122 valence electrons. The van der Waals surface area contributed by atoms with Crippen LogP contribution in [-0.4, -0.2) is 28.7 Å². The predicted molar refractivity (Wildman–Crippen MR) is 89.4 cm³/mol. The molecule has 1 heterocycles. The van der Waals surface area contributed by atoms with Gasteiger partial charge in [0.2, 0.25) is 0 Å². The molecular weight excluding hydrogens is 290 g/mol. The molecular formula is C18H23N3O2. The molecule has 1 N–H and O–H groups in total. The summed E-state index contributed by atoms with van der Waals surface area (Å²) in [6.45, 7) is 6.10. The van der Waals surface area contributed by atoms with Crippen LogP contribution in [0.2, 0.25) is 0 Å². The molecule has 5 nitrogen and oxygen atoms in total. The summed E-state index contributed by atoms with van der Waals surface area (Å²) in [5.74, 6) is -0.208. The van der Waals surface area contributed by atoms with Crippen LogP contribution in [0.4, 0.5) is 4.79 Å². The van der Waals surface area contributed by atoms with Gasteiger partial charge in [0.25, 0.3) is 5.91 Å². The molecule has 3 rings (SSSR count). The minimum absolute atomic E-state index is 0.208. The molecule has 2 fully saturated rings. The number of urea groups is 1. The van der Waals surface area contributed by atoms with Gasteiger partial charge in [-0.05, 0) is 61.9 Å². The Labute approximate surface area is 136 Å². The van der Waals surface area contributed by atoms with Gasteiger partial charge >= 0.3 is 6.03 Å². The SMILES string of the molecule is Cc1cc(C)c(/C=N\N2C(=O)NC3(CCCCC3)C2=O)cc1C. The summed E-state index contributed by atoms with van der Waals surface area (Å²) < 4.78 is 0. The second-order valence-electron chi connectivity index (χ2n) is 6.73. The average molecular weight is 313 g/mol. The summed E-state index contributed by atoms with van der Waals surface area (Å²) in [6, 6.07) is 3.71. The zero-order chi connectivity index (χ0) is 16.6. The van der Waals surface area contributed by atoms with E-state index in [2.05, 4.69) is 23.4 Å². The molecule has 1 aromatic rings. The Hall–Kier alpha value is -2.17. The van der Waals surface area contributed by atoms with E-state index in [4.69, 9.17) is 0 Å². The fourth-order valence-corrected chi connectivity index (χ4v) is 3.45. The Morgan fingerprint density at radius 2 is 1.70 bits per heavy atom. The molecule has 1 saturated heterocycles. The Kier molecular flexibility index (Phi) is 3.96. The molecule has 23 heavy (non-hydrogen) atoms. The van der Waals surface area contributed by atoms with E-state index in [1.165, 1.54) is 5.56 Å². The van der Waals surface area contributed by atoms with Crippen LogP contribution in [0.5, 0.6) is 0 Å². The fraction of sp³-hybridized carbons (Fsp3) is 0.500. The van der Waals surface area contributed by atoms with Crippen molar-refractivity contribution in [3.05, 3.63) is 34.4 Å². The zero-order valence-corrected chi connectivity index (χ0v) is 14.0. The van der Waals surface area contributed by atoms with E-state index in [0.717, 1.165) is 41.0 Å². The summed E-state index contributed by atoms with van der Waals surface area (Å²) >= 11 is 0. The quantitative estimate of drug-likeness (QED) is 0.673. The lowest BCUT2D eigenvalue weighted by Crippen LogP contribution is -2.48. The van der Waals surface area contributed by atoms with Crippen LogP contribution in [0.3, 0.4) is 0 Å². The number of benzene rings is 1. The number of nitrogens with one attached hydrogen (secondary N) is 1. The molecule has 1 aliphatic heterocycles. The lowest BCUT2D eigenvalue weighted by molar-refractivity contribution is -0.132. The van der Waals surface area contributed by atoms with Gasteiger partial charge in [-0.1, -0.05) is 25.3 Å². The van der Waals surface area contributed by atoms with Crippen molar-refractivity contribution in [1.82, 2.24) is 10.3 Å². The first-order valence-corrected chi connectivity index (χ1v) is 8.21. The molecule has 0 atom stereocenters. The van der Waals surface area contributed by atoms with Crippen molar-refractivity contribution in [3.8, 4) is 0 Å². The maximum absolute atomic E-state index is 12.6. The minimum atomic E-state index is -0.717. The highest BCUT2D eigenvalue weighted by molar-refractivity contribution is 6.07. The van der Waals surface area contributed by atoms with E-state index in [9.17, 15) is 9.59 Å². The van der Waals surface area contributed by atoms with Crippen molar-refractivity contribution in [2.45, 2.75) is 58.4 Å². The number of carbonyl (C=O) groups is 2.